The third kappa shape index (κ3) is 0.938. The van der Waals surface area contributed by atoms with Gasteiger partial charge in [-0.15, -0.1) is 0 Å². The molecule has 0 radical (unpaired) electrons. The first kappa shape index (κ1) is 7.96. The highest BCUT2D eigenvalue weighted by atomic mass is 19.2. The minimum Gasteiger partial charge on any atom is -0.244 e. The van der Waals surface area contributed by atoms with E-state index in [9.17, 15) is 8.78 Å². The van der Waals surface area contributed by atoms with Crippen molar-refractivity contribution >= 4 is 0 Å². The molecule has 0 spiro atoms. The molecule has 0 heterocycles. The predicted octanol–water partition coefficient (Wildman–Crippen LogP) is 2.58. The Morgan fingerprint density at radius 1 is 0.700 bits per heavy atom. The Balaban J connectivity index is 2.68. The molecule has 0 bridgehead atoms. The van der Waals surface area contributed by atoms with Crippen molar-refractivity contribution in [3.63, 3.8) is 0 Å². The normalized spacial score (nSPS) is 55.5. The lowest BCUT2D eigenvalue weighted by atomic mass is 9.94. The lowest BCUT2D eigenvalue weighted by Crippen LogP contribution is -2.17. The summed E-state index contributed by atoms with van der Waals surface area (Å²) >= 11 is 0. The van der Waals surface area contributed by atoms with E-state index in [1.54, 1.807) is 13.8 Å². The van der Waals surface area contributed by atoms with Crippen molar-refractivity contribution in [2.45, 2.75) is 33.1 Å². The largest absolute Gasteiger partial charge is 0.244 e. The molecule has 4 atom stereocenters. The molecule has 1 fully saturated rings. The minimum absolute atomic E-state index is 0.106. The van der Waals surface area contributed by atoms with E-state index in [0.717, 1.165) is 0 Å². The Kier molecular flexibility index (Phi) is 1.97. The fourth-order valence-electron chi connectivity index (χ4n) is 1.64. The maximum atomic E-state index is 12.8. The molecule has 4 unspecified atom stereocenters. The molecule has 0 aromatic heterocycles. The zero-order valence-corrected chi connectivity index (χ0v) is 6.64. The van der Waals surface area contributed by atoms with Gasteiger partial charge in [-0.3, -0.25) is 0 Å². The summed E-state index contributed by atoms with van der Waals surface area (Å²) in [6.07, 6.45) is -2.46. The van der Waals surface area contributed by atoms with E-state index in [2.05, 4.69) is 0 Å². The Labute approximate surface area is 60.6 Å². The molecule has 10 heavy (non-hydrogen) atoms. The molecule has 0 nitrogen and oxygen atoms in total. The monoisotopic (exact) mass is 148 g/mol. The van der Waals surface area contributed by atoms with Gasteiger partial charge in [0.05, 0.1) is 0 Å². The summed E-state index contributed by atoms with van der Waals surface area (Å²) in [5.41, 5.74) is 0. The van der Waals surface area contributed by atoms with Gasteiger partial charge in [0.15, 0.2) is 0 Å². The summed E-state index contributed by atoms with van der Waals surface area (Å²) in [5, 5.41) is 0. The topological polar surface area (TPSA) is 0 Å². The lowest BCUT2D eigenvalue weighted by Gasteiger charge is -2.11. The van der Waals surface area contributed by atoms with Gasteiger partial charge in [0.25, 0.3) is 0 Å². The van der Waals surface area contributed by atoms with Crippen LogP contribution in [0.25, 0.3) is 0 Å². The van der Waals surface area contributed by atoms with Crippen LogP contribution in [0.5, 0.6) is 0 Å². The average Bonchev–Trinajstić information content (AvgIpc) is 2.07. The molecule has 1 saturated carbocycles. The van der Waals surface area contributed by atoms with E-state index >= 15 is 0 Å². The number of halogens is 2. The van der Waals surface area contributed by atoms with Gasteiger partial charge in [-0.05, 0) is 17.8 Å². The fourth-order valence-corrected chi connectivity index (χ4v) is 1.64. The molecule has 0 aromatic rings. The highest BCUT2D eigenvalue weighted by Crippen LogP contribution is 2.40. The van der Waals surface area contributed by atoms with E-state index in [4.69, 9.17) is 0 Å². The van der Waals surface area contributed by atoms with Crippen molar-refractivity contribution in [3.05, 3.63) is 0 Å². The third-order valence-corrected chi connectivity index (χ3v) is 2.97. The predicted molar refractivity (Wildman–Crippen MR) is 37.3 cm³/mol. The number of hydrogen-bond donors (Lipinski definition) is 0. The molecule has 2 heteroatoms. The van der Waals surface area contributed by atoms with Crippen LogP contribution in [0.4, 0.5) is 8.78 Å². The zero-order valence-electron chi connectivity index (χ0n) is 6.64. The highest BCUT2D eigenvalue weighted by molar-refractivity contribution is 4.91. The SMILES string of the molecule is CC1C(C)C(F)C(F)C1C. The van der Waals surface area contributed by atoms with Gasteiger partial charge in [0, 0.05) is 0 Å². The van der Waals surface area contributed by atoms with Crippen LogP contribution in [-0.4, -0.2) is 12.3 Å². The van der Waals surface area contributed by atoms with E-state index in [1.807, 2.05) is 6.92 Å². The van der Waals surface area contributed by atoms with E-state index in [-0.39, 0.29) is 17.8 Å². The van der Waals surface area contributed by atoms with Gasteiger partial charge in [-0.1, -0.05) is 20.8 Å². The molecule has 0 aliphatic heterocycles. The molecule has 0 saturated heterocycles. The molecule has 0 N–H and O–H groups in total. The molecule has 1 aliphatic carbocycles. The van der Waals surface area contributed by atoms with Crippen LogP contribution < -0.4 is 0 Å². The van der Waals surface area contributed by atoms with Gasteiger partial charge >= 0.3 is 0 Å². The van der Waals surface area contributed by atoms with Crippen molar-refractivity contribution < 1.29 is 8.78 Å². The van der Waals surface area contributed by atoms with Crippen LogP contribution in [0.3, 0.4) is 0 Å². The first-order chi connectivity index (χ1) is 4.55. The second-order valence-corrected chi connectivity index (χ2v) is 3.47. The Morgan fingerprint density at radius 3 is 1.10 bits per heavy atom. The first-order valence-electron chi connectivity index (χ1n) is 3.84. The highest BCUT2D eigenvalue weighted by Gasteiger charge is 2.44. The van der Waals surface area contributed by atoms with Crippen molar-refractivity contribution in [2.75, 3.05) is 0 Å². The summed E-state index contributed by atoms with van der Waals surface area (Å²) in [6.45, 7) is 5.48. The Morgan fingerprint density at radius 2 is 1.00 bits per heavy atom. The van der Waals surface area contributed by atoms with Crippen molar-refractivity contribution in [2.24, 2.45) is 17.8 Å². The lowest BCUT2D eigenvalue weighted by molar-refractivity contribution is 0.150. The number of rotatable bonds is 0. The van der Waals surface area contributed by atoms with E-state index in [1.165, 1.54) is 0 Å². The van der Waals surface area contributed by atoms with Crippen molar-refractivity contribution in [3.8, 4) is 0 Å². The van der Waals surface area contributed by atoms with Gasteiger partial charge in [-0.25, -0.2) is 8.78 Å². The summed E-state index contributed by atoms with van der Waals surface area (Å²) in [6, 6.07) is 0. The second-order valence-electron chi connectivity index (χ2n) is 3.47. The standard InChI is InChI=1S/C8H14F2/c1-4-5(2)7(9)8(10)6(4)3/h4-8H,1-3H3. The van der Waals surface area contributed by atoms with Gasteiger partial charge in [0.2, 0.25) is 0 Å². The fraction of sp³-hybridized carbons (Fsp3) is 1.00. The molecule has 1 aliphatic rings. The van der Waals surface area contributed by atoms with E-state index in [0.29, 0.717) is 0 Å². The molecule has 0 aromatic carbocycles. The Hall–Kier alpha value is -0.140. The quantitative estimate of drug-likeness (QED) is 0.495. The van der Waals surface area contributed by atoms with E-state index < -0.39 is 12.3 Å². The van der Waals surface area contributed by atoms with Crippen LogP contribution in [0, 0.1) is 17.8 Å². The van der Waals surface area contributed by atoms with Gasteiger partial charge in [-0.2, -0.15) is 0 Å². The summed E-state index contributed by atoms with van der Waals surface area (Å²) in [5.74, 6) is -0.0278. The first-order valence-corrected chi connectivity index (χ1v) is 3.84. The van der Waals surface area contributed by atoms with Crippen LogP contribution in [0.15, 0.2) is 0 Å². The molecular formula is C8H14F2. The molecular weight excluding hydrogens is 134 g/mol. The van der Waals surface area contributed by atoms with Gasteiger partial charge in [0.1, 0.15) is 12.3 Å². The van der Waals surface area contributed by atoms with Crippen LogP contribution in [-0.2, 0) is 0 Å². The van der Waals surface area contributed by atoms with Crippen LogP contribution in [0.2, 0.25) is 0 Å². The minimum atomic E-state index is -1.23. The average molecular weight is 148 g/mol. The molecule has 1 rings (SSSR count). The van der Waals surface area contributed by atoms with Crippen LogP contribution in [0.1, 0.15) is 20.8 Å². The van der Waals surface area contributed by atoms with Crippen LogP contribution >= 0.6 is 0 Å². The number of alkyl halides is 2. The Bertz CT molecular complexity index is 79.6. The summed E-state index contributed by atoms with van der Waals surface area (Å²) in [4.78, 5) is 0. The maximum absolute atomic E-state index is 12.8. The third-order valence-electron chi connectivity index (χ3n) is 2.97. The van der Waals surface area contributed by atoms with Crippen molar-refractivity contribution in [1.82, 2.24) is 0 Å². The summed E-state index contributed by atoms with van der Waals surface area (Å²) in [7, 11) is 0. The second kappa shape index (κ2) is 2.48. The molecule has 0 amide bonds. The summed E-state index contributed by atoms with van der Waals surface area (Å²) < 4.78 is 25.7. The maximum Gasteiger partial charge on any atom is 0.134 e. The smallest absolute Gasteiger partial charge is 0.134 e. The molecule has 60 valence electrons. The zero-order chi connectivity index (χ0) is 7.89. The van der Waals surface area contributed by atoms with Gasteiger partial charge < -0.3 is 0 Å². The van der Waals surface area contributed by atoms with Crippen molar-refractivity contribution in [1.29, 1.82) is 0 Å². The number of hydrogen-bond acceptors (Lipinski definition) is 0.